The molecule has 0 radical (unpaired) electrons. The number of nitrogens with one attached hydrogen (secondary N) is 1. The first kappa shape index (κ1) is 11.3. The van der Waals surface area contributed by atoms with Crippen LogP contribution < -0.4 is 5.73 Å². The number of phosphoric ester groups is 1. The molecule has 12 heavy (non-hydrogen) atoms. The van der Waals surface area contributed by atoms with Crippen LogP contribution in [0.1, 0.15) is 6.42 Å². The van der Waals surface area contributed by atoms with Gasteiger partial charge in [0.15, 0.2) is 0 Å². The molecule has 0 aromatic carbocycles. The Morgan fingerprint density at radius 1 is 1.75 bits per heavy atom. The van der Waals surface area contributed by atoms with Crippen molar-refractivity contribution in [3.05, 3.63) is 0 Å². The third kappa shape index (κ3) is 6.03. The smallest absolute Gasteiger partial charge is 0.330 e. The minimum atomic E-state index is -4.14. The summed E-state index contributed by atoms with van der Waals surface area (Å²) in [6.07, 6.45) is 0.447. The van der Waals surface area contributed by atoms with Crippen molar-refractivity contribution in [1.29, 1.82) is 5.41 Å². The lowest BCUT2D eigenvalue weighted by Crippen LogP contribution is -2.03. The van der Waals surface area contributed by atoms with Gasteiger partial charge in [0.05, 0.1) is 6.61 Å². The molecule has 0 amide bonds. The molecule has 70 valence electrons. The first-order chi connectivity index (χ1) is 5.62. The molecular formula is C4H10N3O4P. The Morgan fingerprint density at radius 3 is 2.92 bits per heavy atom. The van der Waals surface area contributed by atoms with Crippen molar-refractivity contribution in [1.82, 2.24) is 0 Å². The molecule has 0 heterocycles. The molecular weight excluding hydrogens is 185 g/mol. The topological polar surface area (TPSA) is 118 Å². The molecule has 0 spiro atoms. The Kier molecular flexibility index (Phi) is 5.53. The van der Waals surface area contributed by atoms with Gasteiger partial charge >= 0.3 is 7.82 Å². The fourth-order valence-corrected chi connectivity index (χ4v) is 0.910. The Balaban J connectivity index is 3.71. The van der Waals surface area contributed by atoms with E-state index in [0.29, 0.717) is 13.0 Å². The Morgan fingerprint density at radius 2 is 2.42 bits per heavy atom. The average molecular weight is 195 g/mol. The van der Waals surface area contributed by atoms with Crippen molar-refractivity contribution >= 4 is 13.8 Å². The van der Waals surface area contributed by atoms with Crippen LogP contribution in [0.4, 0.5) is 0 Å². The van der Waals surface area contributed by atoms with Crippen molar-refractivity contribution in [2.45, 2.75) is 6.42 Å². The van der Waals surface area contributed by atoms with Gasteiger partial charge in [0, 0.05) is 0 Å². The maximum absolute atomic E-state index is 10.7. The largest absolute Gasteiger partial charge is 0.548 e. The minimum absolute atomic E-state index is 0.0117. The highest BCUT2D eigenvalue weighted by Gasteiger charge is 2.21. The second kappa shape index (κ2) is 5.88. The van der Waals surface area contributed by atoms with Crippen molar-refractivity contribution in [2.24, 2.45) is 10.9 Å². The summed E-state index contributed by atoms with van der Waals surface area (Å²) in [5, 5.41) is 8.92. The molecule has 8 heteroatoms. The molecule has 0 saturated heterocycles. The summed E-state index contributed by atoms with van der Waals surface area (Å²) in [7, 11) is -4.14. The van der Waals surface area contributed by atoms with Crippen LogP contribution in [-0.2, 0) is 13.7 Å². The van der Waals surface area contributed by atoms with Crippen molar-refractivity contribution in [2.75, 3.05) is 13.2 Å². The average Bonchev–Trinajstić information content (AvgIpc) is 2.01. The van der Waals surface area contributed by atoms with Gasteiger partial charge in [0.25, 0.3) is 0 Å². The Labute approximate surface area is 69.3 Å². The Bertz CT molecular complexity index is 214. The molecule has 0 bridgehead atoms. The summed E-state index contributed by atoms with van der Waals surface area (Å²) in [6.45, 7) is 0.367. The van der Waals surface area contributed by atoms with E-state index in [-0.39, 0.29) is 6.61 Å². The van der Waals surface area contributed by atoms with Gasteiger partial charge in [0.2, 0.25) is 0 Å². The van der Waals surface area contributed by atoms with Crippen LogP contribution in [0.15, 0.2) is 5.16 Å². The monoisotopic (exact) mass is 195 g/mol. The highest BCUT2D eigenvalue weighted by molar-refractivity contribution is 7.47. The molecule has 0 aliphatic carbocycles. The van der Waals surface area contributed by atoms with E-state index in [1.165, 1.54) is 6.01 Å². The van der Waals surface area contributed by atoms with Crippen molar-refractivity contribution in [3.63, 3.8) is 0 Å². The number of hydrogen-bond donors (Lipinski definition) is 3. The second-order valence-electron chi connectivity index (χ2n) is 1.73. The zero-order valence-electron chi connectivity index (χ0n) is 6.27. The van der Waals surface area contributed by atoms with Crippen LogP contribution in [-0.4, -0.2) is 24.1 Å². The quantitative estimate of drug-likeness (QED) is 0.241. The van der Waals surface area contributed by atoms with Crippen LogP contribution in [0.5, 0.6) is 0 Å². The summed E-state index contributed by atoms with van der Waals surface area (Å²) in [5.74, 6) is 0. The summed E-state index contributed by atoms with van der Waals surface area (Å²) in [6, 6.07) is 1.43. The van der Waals surface area contributed by atoms with Crippen LogP contribution in [0.3, 0.4) is 0 Å². The van der Waals surface area contributed by atoms with E-state index < -0.39 is 7.82 Å². The molecule has 0 aliphatic rings. The predicted molar refractivity (Wildman–Crippen MR) is 40.7 cm³/mol. The highest BCUT2D eigenvalue weighted by Crippen LogP contribution is 2.43. The standard InChI is InChI=1S/C4H10N3O4P/c5-2-1-3-10-12(8,9)11-7-4-6/h6H,1-3,5H2,(H,8,9). The fraction of sp³-hybridized carbons (Fsp3) is 0.750. The van der Waals surface area contributed by atoms with Gasteiger partial charge in [0.1, 0.15) is 6.01 Å². The van der Waals surface area contributed by atoms with Crippen molar-refractivity contribution in [3.8, 4) is 0 Å². The van der Waals surface area contributed by atoms with E-state index in [1.807, 2.05) is 0 Å². The first-order valence-corrected chi connectivity index (χ1v) is 4.60. The lowest BCUT2D eigenvalue weighted by atomic mass is 10.5. The molecule has 1 atom stereocenters. The molecule has 0 aromatic heterocycles. The zero-order chi connectivity index (χ0) is 9.45. The summed E-state index contributed by atoms with van der Waals surface area (Å²) >= 11 is 0. The minimum Gasteiger partial charge on any atom is -0.330 e. The third-order valence-electron chi connectivity index (χ3n) is 0.793. The van der Waals surface area contributed by atoms with Crippen LogP contribution in [0, 0.1) is 5.41 Å². The predicted octanol–water partition coefficient (Wildman–Crippen LogP) is 0.136. The van der Waals surface area contributed by atoms with Gasteiger partial charge in [-0.05, 0) is 18.1 Å². The summed E-state index contributed by atoms with van der Waals surface area (Å²) < 4.78 is 19.0. The number of nitrogens with two attached hydrogens (primary N) is 1. The van der Waals surface area contributed by atoms with E-state index in [0.717, 1.165) is 0 Å². The molecule has 0 fully saturated rings. The molecule has 0 aliphatic heterocycles. The van der Waals surface area contributed by atoms with Crippen LogP contribution in [0.25, 0.3) is 0 Å². The summed E-state index contributed by atoms with van der Waals surface area (Å²) in [4.78, 5) is 8.73. The normalized spacial score (nSPS) is 14.5. The van der Waals surface area contributed by atoms with E-state index >= 15 is 0 Å². The van der Waals surface area contributed by atoms with E-state index in [1.54, 1.807) is 0 Å². The van der Waals surface area contributed by atoms with Gasteiger partial charge in [-0.2, -0.15) is 0 Å². The van der Waals surface area contributed by atoms with Crippen molar-refractivity contribution < 1.29 is 18.6 Å². The third-order valence-corrected chi connectivity index (χ3v) is 1.59. The summed E-state index contributed by atoms with van der Waals surface area (Å²) in [5.41, 5.74) is 5.10. The van der Waals surface area contributed by atoms with Gasteiger partial charge in [-0.3, -0.25) is 14.0 Å². The zero-order valence-corrected chi connectivity index (χ0v) is 7.16. The SMILES string of the molecule is N=C=NOP(=O)(O)OCCCN. The van der Waals surface area contributed by atoms with Gasteiger partial charge in [-0.15, -0.1) is 0 Å². The maximum atomic E-state index is 10.7. The van der Waals surface area contributed by atoms with Crippen LogP contribution >= 0.6 is 7.82 Å². The van der Waals surface area contributed by atoms with Gasteiger partial charge in [-0.1, -0.05) is 0 Å². The lowest BCUT2D eigenvalue weighted by Gasteiger charge is -2.06. The Hall–Kier alpha value is -0.710. The number of hydrogen-bond acceptors (Lipinski definition) is 6. The second-order valence-corrected chi connectivity index (χ2v) is 3.09. The maximum Gasteiger partial charge on any atom is 0.548 e. The van der Waals surface area contributed by atoms with Crippen LogP contribution in [0.2, 0.25) is 0 Å². The molecule has 0 aromatic rings. The van der Waals surface area contributed by atoms with E-state index in [9.17, 15) is 4.57 Å². The molecule has 0 rings (SSSR count). The van der Waals surface area contributed by atoms with E-state index in [2.05, 4.69) is 14.3 Å². The van der Waals surface area contributed by atoms with Gasteiger partial charge < -0.3 is 5.73 Å². The number of rotatable bonds is 6. The number of nitrogens with zero attached hydrogens (tertiary/aromatic N) is 1. The van der Waals surface area contributed by atoms with Gasteiger partial charge in [-0.25, -0.2) is 9.97 Å². The number of phosphoric acid groups is 1. The van der Waals surface area contributed by atoms with E-state index in [4.69, 9.17) is 16.0 Å². The lowest BCUT2D eigenvalue weighted by molar-refractivity contribution is 0.154. The molecule has 7 nitrogen and oxygen atoms in total. The molecule has 0 saturated carbocycles. The first-order valence-electron chi connectivity index (χ1n) is 3.10. The molecule has 1 unspecified atom stereocenters. The fourth-order valence-electron chi connectivity index (χ4n) is 0.359. The molecule has 4 N–H and O–H groups in total. The highest BCUT2D eigenvalue weighted by atomic mass is 31.2.